The van der Waals surface area contributed by atoms with E-state index in [9.17, 15) is 0 Å². The van der Waals surface area contributed by atoms with Crippen molar-refractivity contribution in [1.82, 2.24) is 15.0 Å². The van der Waals surface area contributed by atoms with Gasteiger partial charge in [0, 0.05) is 12.6 Å². The van der Waals surface area contributed by atoms with Crippen molar-refractivity contribution in [2.24, 2.45) is 0 Å². The lowest BCUT2D eigenvalue weighted by atomic mass is 10.2. The van der Waals surface area contributed by atoms with E-state index in [-0.39, 0.29) is 0 Å². The molecule has 1 aromatic heterocycles. The minimum absolute atomic E-state index is 0.684. The SMILES string of the molecule is CCCCCN(c1ncncn1)C1CC1. The van der Waals surface area contributed by atoms with Gasteiger partial charge in [0.2, 0.25) is 5.95 Å². The van der Waals surface area contributed by atoms with Gasteiger partial charge in [-0.15, -0.1) is 0 Å². The molecule has 15 heavy (non-hydrogen) atoms. The molecule has 0 N–H and O–H groups in total. The van der Waals surface area contributed by atoms with Crippen LogP contribution < -0.4 is 4.90 Å². The molecular weight excluding hydrogens is 188 g/mol. The summed E-state index contributed by atoms with van der Waals surface area (Å²) in [6.45, 7) is 3.31. The highest BCUT2D eigenvalue weighted by atomic mass is 15.3. The molecule has 1 heterocycles. The van der Waals surface area contributed by atoms with E-state index in [2.05, 4.69) is 26.8 Å². The van der Waals surface area contributed by atoms with Crippen LogP contribution in [0.1, 0.15) is 39.0 Å². The Morgan fingerprint density at radius 2 is 2.00 bits per heavy atom. The molecule has 4 heteroatoms. The molecule has 0 spiro atoms. The number of aromatic nitrogens is 3. The second-order valence-electron chi connectivity index (χ2n) is 4.07. The van der Waals surface area contributed by atoms with Gasteiger partial charge in [0.1, 0.15) is 12.7 Å². The molecule has 0 aromatic carbocycles. The van der Waals surface area contributed by atoms with Crippen LogP contribution in [-0.2, 0) is 0 Å². The second-order valence-corrected chi connectivity index (χ2v) is 4.07. The Morgan fingerprint density at radius 1 is 1.27 bits per heavy atom. The largest absolute Gasteiger partial charge is 0.338 e. The molecule has 4 nitrogen and oxygen atoms in total. The van der Waals surface area contributed by atoms with Crippen LogP contribution >= 0.6 is 0 Å². The number of rotatable bonds is 6. The smallest absolute Gasteiger partial charge is 0.228 e. The number of hydrogen-bond donors (Lipinski definition) is 0. The van der Waals surface area contributed by atoms with Crippen molar-refractivity contribution in [3.8, 4) is 0 Å². The van der Waals surface area contributed by atoms with E-state index in [0.717, 1.165) is 12.5 Å². The summed E-state index contributed by atoms with van der Waals surface area (Å²) in [4.78, 5) is 14.6. The summed E-state index contributed by atoms with van der Waals surface area (Å²) in [5.74, 6) is 0.851. The van der Waals surface area contributed by atoms with E-state index < -0.39 is 0 Å². The molecule has 1 aliphatic rings. The first-order valence-electron chi connectivity index (χ1n) is 5.80. The third-order valence-electron chi connectivity index (χ3n) is 2.73. The van der Waals surface area contributed by atoms with Crippen LogP contribution in [0.2, 0.25) is 0 Å². The van der Waals surface area contributed by atoms with Gasteiger partial charge in [0.05, 0.1) is 0 Å². The first-order valence-corrected chi connectivity index (χ1v) is 5.80. The molecule has 0 bridgehead atoms. The van der Waals surface area contributed by atoms with Crippen LogP contribution in [0.25, 0.3) is 0 Å². The van der Waals surface area contributed by atoms with Gasteiger partial charge in [0.15, 0.2) is 0 Å². The van der Waals surface area contributed by atoms with E-state index >= 15 is 0 Å². The maximum absolute atomic E-state index is 4.22. The molecule has 1 aromatic rings. The molecule has 0 atom stereocenters. The van der Waals surface area contributed by atoms with Crippen LogP contribution in [0.5, 0.6) is 0 Å². The van der Waals surface area contributed by atoms with Crippen molar-refractivity contribution in [3.63, 3.8) is 0 Å². The van der Waals surface area contributed by atoms with E-state index in [4.69, 9.17) is 0 Å². The fraction of sp³-hybridized carbons (Fsp3) is 0.727. The molecule has 1 fully saturated rings. The fourth-order valence-corrected chi connectivity index (χ4v) is 1.75. The van der Waals surface area contributed by atoms with Gasteiger partial charge in [0.25, 0.3) is 0 Å². The lowest BCUT2D eigenvalue weighted by molar-refractivity contribution is 0.658. The Morgan fingerprint density at radius 3 is 2.60 bits per heavy atom. The van der Waals surface area contributed by atoms with Crippen molar-refractivity contribution >= 4 is 5.95 Å². The maximum atomic E-state index is 4.22. The van der Waals surface area contributed by atoms with Crippen molar-refractivity contribution < 1.29 is 0 Å². The Balaban J connectivity index is 1.94. The van der Waals surface area contributed by atoms with Crippen molar-refractivity contribution in [1.29, 1.82) is 0 Å². The Labute approximate surface area is 90.8 Å². The molecule has 0 aliphatic heterocycles. The first kappa shape index (κ1) is 10.3. The normalized spacial score (nSPS) is 15.3. The highest BCUT2D eigenvalue weighted by molar-refractivity contribution is 5.32. The van der Waals surface area contributed by atoms with Gasteiger partial charge in [-0.25, -0.2) is 15.0 Å². The highest BCUT2D eigenvalue weighted by Gasteiger charge is 2.30. The predicted molar refractivity (Wildman–Crippen MR) is 59.7 cm³/mol. The maximum Gasteiger partial charge on any atom is 0.228 e. The summed E-state index contributed by atoms with van der Waals surface area (Å²) < 4.78 is 0. The summed E-state index contributed by atoms with van der Waals surface area (Å²) in [7, 11) is 0. The molecule has 0 radical (unpaired) electrons. The summed E-state index contributed by atoms with van der Waals surface area (Å²) in [5.41, 5.74) is 0. The Bertz CT molecular complexity index is 284. The van der Waals surface area contributed by atoms with Gasteiger partial charge in [-0.3, -0.25) is 0 Å². The summed E-state index contributed by atoms with van der Waals surface area (Å²) in [5, 5.41) is 0. The molecule has 0 unspecified atom stereocenters. The molecular formula is C11H18N4. The van der Waals surface area contributed by atoms with Crippen LogP contribution in [0.3, 0.4) is 0 Å². The molecule has 1 aliphatic carbocycles. The average molecular weight is 206 g/mol. The standard InChI is InChI=1S/C11H18N4/c1-2-3-4-7-15(10-5-6-10)11-13-8-12-9-14-11/h8-10H,2-7H2,1H3. The predicted octanol–water partition coefficient (Wildman–Crippen LogP) is 2.03. The van der Waals surface area contributed by atoms with Crippen LogP contribution in [-0.4, -0.2) is 27.5 Å². The van der Waals surface area contributed by atoms with E-state index in [0.29, 0.717) is 6.04 Å². The Kier molecular flexibility index (Phi) is 3.48. The number of nitrogens with zero attached hydrogens (tertiary/aromatic N) is 4. The molecule has 1 saturated carbocycles. The third kappa shape index (κ3) is 2.88. The summed E-state index contributed by atoms with van der Waals surface area (Å²) >= 11 is 0. The monoisotopic (exact) mass is 206 g/mol. The number of hydrogen-bond acceptors (Lipinski definition) is 4. The zero-order chi connectivity index (χ0) is 10.5. The molecule has 0 amide bonds. The topological polar surface area (TPSA) is 41.9 Å². The van der Waals surface area contributed by atoms with E-state index in [1.807, 2.05) is 0 Å². The van der Waals surface area contributed by atoms with Crippen LogP contribution in [0.4, 0.5) is 5.95 Å². The summed E-state index contributed by atoms with van der Waals surface area (Å²) in [6.07, 6.45) is 9.52. The molecule has 82 valence electrons. The van der Waals surface area contributed by atoms with Gasteiger partial charge in [-0.2, -0.15) is 0 Å². The fourth-order valence-electron chi connectivity index (χ4n) is 1.75. The lowest BCUT2D eigenvalue weighted by Crippen LogP contribution is -2.28. The van der Waals surface area contributed by atoms with Gasteiger partial charge in [-0.05, 0) is 19.3 Å². The van der Waals surface area contributed by atoms with E-state index in [1.54, 1.807) is 12.7 Å². The van der Waals surface area contributed by atoms with Crippen LogP contribution in [0, 0.1) is 0 Å². The molecule has 0 saturated heterocycles. The van der Waals surface area contributed by atoms with Gasteiger partial charge in [-0.1, -0.05) is 19.8 Å². The third-order valence-corrected chi connectivity index (χ3v) is 2.73. The Hall–Kier alpha value is -1.19. The van der Waals surface area contributed by atoms with Crippen molar-refractivity contribution in [2.45, 2.75) is 45.1 Å². The first-order chi connectivity index (χ1) is 7.42. The molecule has 2 rings (SSSR count). The van der Waals surface area contributed by atoms with Crippen LogP contribution in [0.15, 0.2) is 12.7 Å². The quantitative estimate of drug-likeness (QED) is 0.668. The average Bonchev–Trinajstić information content (AvgIpc) is 3.10. The minimum atomic E-state index is 0.684. The van der Waals surface area contributed by atoms with Crippen molar-refractivity contribution in [2.75, 3.05) is 11.4 Å². The lowest BCUT2D eigenvalue weighted by Gasteiger charge is -2.21. The zero-order valence-corrected chi connectivity index (χ0v) is 9.26. The van der Waals surface area contributed by atoms with Gasteiger partial charge < -0.3 is 4.90 Å². The zero-order valence-electron chi connectivity index (χ0n) is 9.26. The second kappa shape index (κ2) is 5.05. The number of unbranched alkanes of at least 4 members (excludes halogenated alkanes) is 2. The van der Waals surface area contributed by atoms with Gasteiger partial charge >= 0.3 is 0 Å². The number of anilines is 1. The van der Waals surface area contributed by atoms with E-state index in [1.165, 1.54) is 32.1 Å². The minimum Gasteiger partial charge on any atom is -0.338 e. The summed E-state index contributed by atoms with van der Waals surface area (Å²) in [6, 6.07) is 0.684. The van der Waals surface area contributed by atoms with Crippen molar-refractivity contribution in [3.05, 3.63) is 12.7 Å². The highest BCUT2D eigenvalue weighted by Crippen LogP contribution is 2.29.